The van der Waals surface area contributed by atoms with E-state index >= 15 is 0 Å². The summed E-state index contributed by atoms with van der Waals surface area (Å²) in [5.74, 6) is 7.79. The van der Waals surface area contributed by atoms with Gasteiger partial charge in [-0.1, -0.05) is 63.8 Å². The largest absolute Gasteiger partial charge is 0.508 e. The van der Waals surface area contributed by atoms with Gasteiger partial charge >= 0.3 is 0 Å². The topological polar surface area (TPSA) is 89.9 Å². The summed E-state index contributed by atoms with van der Waals surface area (Å²) in [5, 5.41) is 9.64. The third-order valence-electron chi connectivity index (χ3n) is 14.7. The Bertz CT molecular complexity index is 1960. The fourth-order valence-electron chi connectivity index (χ4n) is 11.8. The molecular formula is C52H66O6. The number of unbranched alkanes of at least 4 members (excludes halogenated alkanes) is 2. The lowest BCUT2D eigenvalue weighted by Gasteiger charge is -2.42. The van der Waals surface area contributed by atoms with Crippen molar-refractivity contribution in [2.75, 3.05) is 14.2 Å². The van der Waals surface area contributed by atoms with Crippen LogP contribution in [0.15, 0.2) is 66.7 Å². The normalized spacial score (nSPS) is 27.8. The van der Waals surface area contributed by atoms with E-state index in [2.05, 4.69) is 56.3 Å². The van der Waals surface area contributed by atoms with Crippen LogP contribution in [0.25, 0.3) is 0 Å². The van der Waals surface area contributed by atoms with E-state index in [4.69, 9.17) is 9.47 Å². The first-order valence-electron chi connectivity index (χ1n) is 22.6. The minimum absolute atomic E-state index is 0.259. The Balaban J connectivity index is 0.000000133. The van der Waals surface area contributed by atoms with Crippen LogP contribution in [0.5, 0.6) is 17.2 Å². The monoisotopic (exact) mass is 786 g/mol. The number of rotatable bonds is 8. The molecule has 3 aromatic carbocycles. The van der Waals surface area contributed by atoms with Gasteiger partial charge in [0.25, 0.3) is 0 Å². The lowest BCUT2D eigenvalue weighted by Crippen LogP contribution is -2.35. The number of carbonyl (C=O) groups excluding carboxylic acids is 3. The number of hydrogen-bond donors (Lipinski definition) is 1. The zero-order valence-corrected chi connectivity index (χ0v) is 35.5. The molecule has 0 saturated heterocycles. The van der Waals surface area contributed by atoms with Gasteiger partial charge in [0.05, 0.1) is 14.2 Å². The Morgan fingerprint density at radius 2 is 1.07 bits per heavy atom. The van der Waals surface area contributed by atoms with Crippen LogP contribution in [0.1, 0.15) is 155 Å². The maximum atomic E-state index is 12.2. The van der Waals surface area contributed by atoms with Gasteiger partial charge in [-0.25, -0.2) is 0 Å². The molecule has 0 heterocycles. The summed E-state index contributed by atoms with van der Waals surface area (Å²) in [6, 6.07) is 18.4. The summed E-state index contributed by atoms with van der Waals surface area (Å²) in [6.45, 7) is 4.46. The highest BCUT2D eigenvalue weighted by atomic mass is 16.5. The van der Waals surface area contributed by atoms with Crippen LogP contribution < -0.4 is 9.47 Å². The van der Waals surface area contributed by atoms with E-state index in [0.29, 0.717) is 71.6 Å². The predicted molar refractivity (Wildman–Crippen MR) is 231 cm³/mol. The number of phenolic OH excluding ortho intramolecular Hbond substituents is 1. The number of benzene rings is 3. The van der Waals surface area contributed by atoms with Crippen molar-refractivity contribution >= 4 is 17.3 Å². The zero-order chi connectivity index (χ0) is 40.8. The smallest absolute Gasteiger partial charge is 0.156 e. The molecule has 0 spiro atoms. The zero-order valence-electron chi connectivity index (χ0n) is 35.5. The number of phenols is 1. The highest BCUT2D eigenvalue weighted by Crippen LogP contribution is 2.50. The number of Topliss-reactive ketones (excluding diaryl/α,β-unsaturated/α-hetero) is 2. The van der Waals surface area contributed by atoms with Crippen LogP contribution in [0.4, 0.5) is 0 Å². The Morgan fingerprint density at radius 3 is 1.59 bits per heavy atom. The molecule has 2 fully saturated rings. The van der Waals surface area contributed by atoms with Gasteiger partial charge < -0.3 is 14.6 Å². The summed E-state index contributed by atoms with van der Waals surface area (Å²) in [6.07, 6.45) is 21.9. The average molecular weight is 787 g/mol. The predicted octanol–water partition coefficient (Wildman–Crippen LogP) is 11.6. The van der Waals surface area contributed by atoms with Crippen molar-refractivity contribution in [1.82, 2.24) is 0 Å². The molecule has 2 saturated carbocycles. The third-order valence-corrected chi connectivity index (χ3v) is 14.7. The van der Waals surface area contributed by atoms with E-state index in [0.717, 1.165) is 62.4 Å². The second kappa shape index (κ2) is 19.3. The molecule has 0 radical (unpaired) electrons. The molecular weight excluding hydrogens is 721 g/mol. The van der Waals surface area contributed by atoms with E-state index in [1.807, 2.05) is 12.1 Å². The summed E-state index contributed by atoms with van der Waals surface area (Å²) in [4.78, 5) is 35.9. The van der Waals surface area contributed by atoms with Gasteiger partial charge in [-0.15, -0.1) is 0 Å². The fraction of sp³-hybridized carbons (Fsp3) is 0.558. The molecule has 58 heavy (non-hydrogen) atoms. The minimum Gasteiger partial charge on any atom is -0.508 e. The maximum absolute atomic E-state index is 12.2. The number of methoxy groups -OCH3 is 2. The van der Waals surface area contributed by atoms with Gasteiger partial charge in [-0.2, -0.15) is 0 Å². The number of fused-ring (bicyclic) bond motifs is 9. The molecule has 6 nitrogen and oxygen atoms in total. The molecule has 0 aromatic heterocycles. The van der Waals surface area contributed by atoms with E-state index in [9.17, 15) is 19.5 Å². The highest BCUT2D eigenvalue weighted by molar-refractivity contribution is 5.91. The number of aryl methyl sites for hydroxylation is 3. The molecule has 0 bridgehead atoms. The number of hydrogen-bond acceptors (Lipinski definition) is 6. The Kier molecular flexibility index (Phi) is 13.9. The molecule has 6 aliphatic carbocycles. The number of carbonyl (C=O) groups is 3. The van der Waals surface area contributed by atoms with Crippen molar-refractivity contribution in [2.24, 2.45) is 29.6 Å². The SMILES string of the molecule is CCCCC1CC(=O)C[C@@H]2c3ccc(O)cc3CC[C@@H]12.CCCCC1CC(=O)C[C@@H]2c3ccc(OC)cc3CC[C@@H]12.COc1ccc2c(c1)CC[C@H]1C=CC(=O)C[C@H]21. The van der Waals surface area contributed by atoms with Crippen molar-refractivity contribution in [3.63, 3.8) is 0 Å². The molecule has 0 amide bonds. The van der Waals surface area contributed by atoms with E-state index in [1.165, 1.54) is 84.7 Å². The molecule has 6 heteroatoms. The number of allylic oxidation sites excluding steroid dienone is 2. The highest BCUT2D eigenvalue weighted by Gasteiger charge is 2.41. The number of aromatic hydroxyl groups is 1. The molecule has 0 aliphatic heterocycles. The molecule has 8 atom stereocenters. The second-order valence-corrected chi connectivity index (χ2v) is 18.2. The van der Waals surface area contributed by atoms with Crippen molar-refractivity contribution in [1.29, 1.82) is 0 Å². The first-order valence-corrected chi connectivity index (χ1v) is 22.6. The molecule has 1 N–H and O–H groups in total. The maximum Gasteiger partial charge on any atom is 0.156 e. The van der Waals surface area contributed by atoms with E-state index in [-0.39, 0.29) is 5.78 Å². The van der Waals surface area contributed by atoms with Crippen molar-refractivity contribution in [2.45, 2.75) is 141 Å². The van der Waals surface area contributed by atoms with E-state index in [1.54, 1.807) is 26.4 Å². The van der Waals surface area contributed by atoms with Crippen LogP contribution in [0.2, 0.25) is 0 Å². The Labute approximate surface area is 347 Å². The minimum atomic E-state index is 0.259. The van der Waals surface area contributed by atoms with Crippen LogP contribution in [0.3, 0.4) is 0 Å². The average Bonchev–Trinajstić information content (AvgIpc) is 3.24. The lowest BCUT2D eigenvalue weighted by molar-refractivity contribution is -0.124. The summed E-state index contributed by atoms with van der Waals surface area (Å²) >= 11 is 0. The first kappa shape index (κ1) is 42.0. The standard InChI is InChI=1S/C19H26O2.C18H24O2.C15H16O2/c1-3-4-5-13-10-15(20)12-19-17(13)8-6-14-11-16(21-2)7-9-18(14)19;1-2-3-4-12-10-15(20)11-18-16(12)7-5-13-9-14(19)6-8-17(13)18;1-17-13-6-7-14-11(8-13)3-2-10-4-5-12(16)9-15(10)14/h7,9,11,13,17,19H,3-6,8,10,12H2,1-2H3;6,8-9,12,16,18-19H,2-5,7,10-11H2,1H3;4-8,10,15H,2-3,9H2,1H3/t13?,17-,19-;12?,16-,18-;10-,15-/m000/s1. The number of ether oxygens (including phenoxy) is 2. The van der Waals surface area contributed by atoms with Crippen molar-refractivity contribution in [3.05, 3.63) is 100 Å². The fourth-order valence-corrected chi connectivity index (χ4v) is 11.8. The quantitative estimate of drug-likeness (QED) is 0.245. The molecule has 3 aromatic rings. The Hall–Kier alpha value is -4.19. The molecule has 2 unspecified atom stereocenters. The van der Waals surface area contributed by atoms with Crippen LogP contribution in [0, 0.1) is 29.6 Å². The molecule has 9 rings (SSSR count). The molecule has 6 aliphatic rings. The van der Waals surface area contributed by atoms with Gasteiger partial charge in [0, 0.05) is 32.1 Å². The Morgan fingerprint density at radius 1 is 0.586 bits per heavy atom. The van der Waals surface area contributed by atoms with Crippen molar-refractivity contribution in [3.8, 4) is 17.2 Å². The number of ketones is 3. The second-order valence-electron chi connectivity index (χ2n) is 18.2. The van der Waals surface area contributed by atoms with E-state index < -0.39 is 0 Å². The van der Waals surface area contributed by atoms with Gasteiger partial charge in [0.2, 0.25) is 0 Å². The first-order chi connectivity index (χ1) is 28.2. The third kappa shape index (κ3) is 9.48. The summed E-state index contributed by atoms with van der Waals surface area (Å²) in [7, 11) is 3.42. The van der Waals surface area contributed by atoms with Gasteiger partial charge in [0.15, 0.2) is 5.78 Å². The van der Waals surface area contributed by atoms with Crippen LogP contribution in [-0.4, -0.2) is 36.7 Å². The lowest BCUT2D eigenvalue weighted by atomic mass is 9.62. The summed E-state index contributed by atoms with van der Waals surface area (Å²) in [5.41, 5.74) is 8.11. The van der Waals surface area contributed by atoms with Crippen molar-refractivity contribution < 1.29 is 29.0 Å². The molecule has 310 valence electrons. The van der Waals surface area contributed by atoms with Gasteiger partial charge in [-0.3, -0.25) is 14.4 Å². The van der Waals surface area contributed by atoms with Gasteiger partial charge in [0.1, 0.15) is 28.8 Å². The summed E-state index contributed by atoms with van der Waals surface area (Å²) < 4.78 is 10.6. The van der Waals surface area contributed by atoms with Gasteiger partial charge in [-0.05, 0) is 175 Å². The van der Waals surface area contributed by atoms with Crippen LogP contribution >= 0.6 is 0 Å². The van der Waals surface area contributed by atoms with Crippen LogP contribution in [-0.2, 0) is 33.6 Å².